The molecule has 0 atom stereocenters. The average molecular weight is 246 g/mol. The Morgan fingerprint density at radius 2 is 2.00 bits per heavy atom. The Kier molecular flexibility index (Phi) is 3.42. The summed E-state index contributed by atoms with van der Waals surface area (Å²) in [5.41, 5.74) is 0.467. The summed E-state index contributed by atoms with van der Waals surface area (Å²) in [5, 5.41) is 7.24. The van der Waals surface area contributed by atoms with Gasteiger partial charge in [-0.05, 0) is 6.07 Å². The van der Waals surface area contributed by atoms with E-state index < -0.39 is 0 Å². The van der Waals surface area contributed by atoms with Gasteiger partial charge in [-0.3, -0.25) is 4.79 Å². The topological polar surface area (TPSA) is 87.1 Å². The van der Waals surface area contributed by atoms with Crippen molar-refractivity contribution in [3.8, 4) is 11.8 Å². The third-order valence-corrected chi connectivity index (χ3v) is 2.18. The summed E-state index contributed by atoms with van der Waals surface area (Å²) in [6.45, 7) is 0. The smallest absolute Gasteiger partial charge is 0.247 e. The molecular formula is C11H10N4O3. The van der Waals surface area contributed by atoms with Crippen molar-refractivity contribution >= 4 is 5.78 Å². The standard InChI is InChI=1S/C11H10N4O3/c1-17-8-6-12-9(11(15-8)18-2)10(16)7-3-4-13-14-5-7/h3-6H,1-2H3. The summed E-state index contributed by atoms with van der Waals surface area (Å²) in [7, 11) is 2.86. The molecule has 2 heterocycles. The monoisotopic (exact) mass is 246 g/mol. The van der Waals surface area contributed by atoms with Gasteiger partial charge in [-0.25, -0.2) is 4.98 Å². The van der Waals surface area contributed by atoms with Gasteiger partial charge in [0.1, 0.15) is 0 Å². The number of nitrogens with zero attached hydrogens (tertiary/aromatic N) is 4. The van der Waals surface area contributed by atoms with E-state index >= 15 is 0 Å². The predicted octanol–water partition coefficient (Wildman–Crippen LogP) is 0.515. The molecule has 0 bridgehead atoms. The maximum absolute atomic E-state index is 12.1. The molecule has 18 heavy (non-hydrogen) atoms. The average Bonchev–Trinajstić information content (AvgIpc) is 2.46. The van der Waals surface area contributed by atoms with Crippen LogP contribution in [0.3, 0.4) is 0 Å². The van der Waals surface area contributed by atoms with Crippen LogP contribution < -0.4 is 9.47 Å². The quantitative estimate of drug-likeness (QED) is 0.726. The maximum atomic E-state index is 12.1. The summed E-state index contributed by atoms with van der Waals surface area (Å²) in [6, 6.07) is 1.54. The van der Waals surface area contributed by atoms with Gasteiger partial charge in [0.05, 0.1) is 32.8 Å². The molecule has 0 radical (unpaired) electrons. The zero-order valence-electron chi connectivity index (χ0n) is 9.82. The molecule has 0 fully saturated rings. The van der Waals surface area contributed by atoms with E-state index in [2.05, 4.69) is 20.2 Å². The van der Waals surface area contributed by atoms with Crippen molar-refractivity contribution in [1.29, 1.82) is 0 Å². The molecule has 0 N–H and O–H groups in total. The Labute approximate surface area is 103 Å². The van der Waals surface area contributed by atoms with Crippen LogP contribution in [0.25, 0.3) is 0 Å². The van der Waals surface area contributed by atoms with E-state index in [1.165, 1.54) is 32.8 Å². The van der Waals surface area contributed by atoms with Gasteiger partial charge in [0.25, 0.3) is 0 Å². The summed E-state index contributed by atoms with van der Waals surface area (Å²) >= 11 is 0. The number of carbonyl (C=O) groups excluding carboxylic acids is 1. The van der Waals surface area contributed by atoms with E-state index in [-0.39, 0.29) is 23.2 Å². The van der Waals surface area contributed by atoms with Gasteiger partial charge < -0.3 is 9.47 Å². The number of ether oxygens (including phenoxy) is 2. The highest BCUT2D eigenvalue weighted by atomic mass is 16.5. The van der Waals surface area contributed by atoms with Gasteiger partial charge in [-0.15, -0.1) is 0 Å². The van der Waals surface area contributed by atoms with Gasteiger partial charge in [-0.1, -0.05) is 0 Å². The van der Waals surface area contributed by atoms with Crippen LogP contribution in [0.2, 0.25) is 0 Å². The zero-order chi connectivity index (χ0) is 13.0. The van der Waals surface area contributed by atoms with E-state index in [4.69, 9.17) is 9.47 Å². The zero-order valence-corrected chi connectivity index (χ0v) is 9.82. The molecule has 2 aromatic rings. The first-order valence-corrected chi connectivity index (χ1v) is 5.02. The Bertz CT molecular complexity index is 559. The highest BCUT2D eigenvalue weighted by Crippen LogP contribution is 2.19. The number of methoxy groups -OCH3 is 2. The first kappa shape index (κ1) is 11.9. The Balaban J connectivity index is 2.42. The second-order valence-electron chi connectivity index (χ2n) is 3.23. The third kappa shape index (κ3) is 2.24. The minimum absolute atomic E-state index is 0.103. The molecule has 0 aromatic carbocycles. The fourth-order valence-electron chi connectivity index (χ4n) is 1.32. The minimum atomic E-state index is -0.336. The molecule has 0 aliphatic rings. The van der Waals surface area contributed by atoms with Crippen LogP contribution in [0.1, 0.15) is 16.1 Å². The van der Waals surface area contributed by atoms with Gasteiger partial charge in [0, 0.05) is 5.56 Å². The fraction of sp³-hybridized carbons (Fsp3) is 0.182. The molecule has 7 heteroatoms. The first-order valence-electron chi connectivity index (χ1n) is 5.02. The Morgan fingerprint density at radius 1 is 1.17 bits per heavy atom. The predicted molar refractivity (Wildman–Crippen MR) is 60.6 cm³/mol. The van der Waals surface area contributed by atoms with Crippen molar-refractivity contribution < 1.29 is 14.3 Å². The molecule has 0 amide bonds. The maximum Gasteiger partial charge on any atom is 0.247 e. The number of rotatable bonds is 4. The van der Waals surface area contributed by atoms with Gasteiger partial charge in [0.2, 0.25) is 17.5 Å². The normalized spacial score (nSPS) is 9.89. The molecule has 92 valence electrons. The van der Waals surface area contributed by atoms with Crippen LogP contribution in [0.4, 0.5) is 0 Å². The molecular weight excluding hydrogens is 236 g/mol. The van der Waals surface area contributed by atoms with Crippen molar-refractivity contribution in [3.63, 3.8) is 0 Å². The fourth-order valence-corrected chi connectivity index (χ4v) is 1.32. The molecule has 0 saturated heterocycles. The molecule has 7 nitrogen and oxygen atoms in total. The number of aromatic nitrogens is 4. The van der Waals surface area contributed by atoms with Crippen LogP contribution in [0.5, 0.6) is 11.8 Å². The van der Waals surface area contributed by atoms with Gasteiger partial charge in [-0.2, -0.15) is 15.2 Å². The van der Waals surface area contributed by atoms with Crippen LogP contribution in [-0.4, -0.2) is 40.2 Å². The number of hydrogen-bond donors (Lipinski definition) is 0. The van der Waals surface area contributed by atoms with Crippen LogP contribution in [-0.2, 0) is 0 Å². The molecule has 2 aromatic heterocycles. The summed E-state index contributed by atoms with van der Waals surface area (Å²) in [4.78, 5) is 20.1. The summed E-state index contributed by atoms with van der Waals surface area (Å²) in [6.07, 6.45) is 4.13. The number of carbonyl (C=O) groups is 1. The van der Waals surface area contributed by atoms with Crippen molar-refractivity contribution in [2.75, 3.05) is 14.2 Å². The molecule has 0 unspecified atom stereocenters. The van der Waals surface area contributed by atoms with Crippen LogP contribution in [0, 0.1) is 0 Å². The molecule has 2 rings (SSSR count). The number of ketones is 1. The Hall–Kier alpha value is -2.57. The van der Waals surface area contributed by atoms with E-state index in [9.17, 15) is 4.79 Å². The number of hydrogen-bond acceptors (Lipinski definition) is 7. The van der Waals surface area contributed by atoms with E-state index in [0.717, 1.165) is 0 Å². The second-order valence-corrected chi connectivity index (χ2v) is 3.23. The summed E-state index contributed by atoms with van der Waals surface area (Å²) in [5.74, 6) is 0.0457. The molecule has 0 saturated carbocycles. The molecule has 0 aliphatic carbocycles. The van der Waals surface area contributed by atoms with Crippen LogP contribution >= 0.6 is 0 Å². The van der Waals surface area contributed by atoms with Crippen molar-refractivity contribution in [1.82, 2.24) is 20.2 Å². The SMILES string of the molecule is COc1cnc(C(=O)c2ccnnc2)c(OC)n1. The molecule has 0 aliphatic heterocycles. The highest BCUT2D eigenvalue weighted by Gasteiger charge is 2.18. The molecule has 0 spiro atoms. The lowest BCUT2D eigenvalue weighted by Crippen LogP contribution is -2.09. The third-order valence-electron chi connectivity index (χ3n) is 2.18. The van der Waals surface area contributed by atoms with E-state index in [1.54, 1.807) is 6.07 Å². The van der Waals surface area contributed by atoms with Crippen molar-refractivity contribution in [3.05, 3.63) is 35.9 Å². The minimum Gasteiger partial charge on any atom is -0.480 e. The van der Waals surface area contributed by atoms with E-state index in [1.807, 2.05) is 0 Å². The van der Waals surface area contributed by atoms with Gasteiger partial charge >= 0.3 is 0 Å². The Morgan fingerprint density at radius 3 is 2.61 bits per heavy atom. The lowest BCUT2D eigenvalue weighted by Gasteiger charge is -2.06. The first-order chi connectivity index (χ1) is 8.76. The van der Waals surface area contributed by atoms with Gasteiger partial charge in [0.15, 0.2) is 5.69 Å². The largest absolute Gasteiger partial charge is 0.480 e. The van der Waals surface area contributed by atoms with E-state index in [0.29, 0.717) is 5.56 Å². The van der Waals surface area contributed by atoms with Crippen molar-refractivity contribution in [2.45, 2.75) is 0 Å². The van der Waals surface area contributed by atoms with Crippen LogP contribution in [0.15, 0.2) is 24.7 Å². The highest BCUT2D eigenvalue weighted by molar-refractivity contribution is 6.08. The second kappa shape index (κ2) is 5.17. The lowest BCUT2D eigenvalue weighted by atomic mass is 10.1. The lowest BCUT2D eigenvalue weighted by molar-refractivity contribution is 0.102. The summed E-state index contributed by atoms with van der Waals surface area (Å²) < 4.78 is 9.93. The van der Waals surface area contributed by atoms with Crippen molar-refractivity contribution in [2.24, 2.45) is 0 Å².